The molecule has 1 saturated heterocycles. The smallest absolute Gasteiger partial charge is 0.246 e. The van der Waals surface area contributed by atoms with E-state index in [2.05, 4.69) is 88.8 Å². The van der Waals surface area contributed by atoms with Gasteiger partial charge in [-0.3, -0.25) is 52.7 Å². The number of halogens is 1. The molecule has 0 unspecified atom stereocenters. The van der Waals surface area contributed by atoms with E-state index in [0.717, 1.165) is 23.0 Å². The van der Waals surface area contributed by atoms with Gasteiger partial charge in [0.25, 0.3) is 0 Å². The number of hydrogen-bond donors (Lipinski definition) is 5. The molecule has 25 nitrogen and oxygen atoms in total. The molecule has 11 amide bonds. The Labute approximate surface area is 634 Å². The minimum atomic E-state index is -1.61. The van der Waals surface area contributed by atoms with Gasteiger partial charge in [-0.1, -0.05) is 170 Å². The highest BCUT2D eigenvalue weighted by molar-refractivity contribution is 5.99. The summed E-state index contributed by atoms with van der Waals surface area (Å²) in [6, 6.07) is 8.44. The van der Waals surface area contributed by atoms with Crippen LogP contribution in [-0.2, 0) is 57.5 Å². The van der Waals surface area contributed by atoms with Crippen molar-refractivity contribution in [1.82, 2.24) is 60.5 Å². The maximum Gasteiger partial charge on any atom is 0.246 e. The summed E-state index contributed by atoms with van der Waals surface area (Å²) in [5.74, 6) is -9.71. The molecule has 0 aromatic heterocycles. The van der Waals surface area contributed by atoms with Crippen molar-refractivity contribution in [1.29, 1.82) is 0 Å². The summed E-state index contributed by atoms with van der Waals surface area (Å²) in [6.07, 6.45) is 3.06. The van der Waals surface area contributed by atoms with Crippen LogP contribution in [-0.4, -0.2) is 259 Å². The first-order valence-electron chi connectivity index (χ1n) is 37.2. The van der Waals surface area contributed by atoms with Crippen LogP contribution in [0.1, 0.15) is 173 Å². The van der Waals surface area contributed by atoms with E-state index in [1.54, 1.807) is 54.5 Å². The average Bonchev–Trinajstić information content (AvgIpc) is 0.802. The number of amides is 11. The Morgan fingerprint density at radius 3 is 1.35 bits per heavy atom. The monoisotopic (exact) mass is 1490 g/mol. The number of aliphatic hydroxyl groups excluding tert-OH is 1. The number of ether oxygens (including phenoxy) is 1. The molecule has 5 N–H and O–H groups in total. The second kappa shape index (κ2) is 45.9. The second-order valence-corrected chi connectivity index (χ2v) is 31.0. The lowest BCUT2D eigenvalue weighted by Crippen LogP contribution is -2.63. The quantitative estimate of drug-likeness (QED) is 0.0784. The highest BCUT2D eigenvalue weighted by atomic mass is 35.5. The van der Waals surface area contributed by atoms with Crippen LogP contribution in [0.4, 0.5) is 0 Å². The van der Waals surface area contributed by atoms with Gasteiger partial charge in [0.2, 0.25) is 65.0 Å². The molecule has 2 aromatic rings. The van der Waals surface area contributed by atoms with Crippen LogP contribution in [0.3, 0.4) is 0 Å². The number of allylic oxidation sites excluding steroid dienone is 2. The Balaban J connectivity index is 0.00000235. The van der Waals surface area contributed by atoms with Crippen LogP contribution < -0.4 is 21.3 Å². The number of carbonyl (C=O) groups is 11. The second-order valence-electron chi connectivity index (χ2n) is 31.0. The number of carbonyl (C=O) groups excluding carboxylic acids is 11. The molecule has 0 saturated carbocycles. The van der Waals surface area contributed by atoms with Gasteiger partial charge in [0, 0.05) is 55.9 Å². The van der Waals surface area contributed by atoms with Gasteiger partial charge >= 0.3 is 0 Å². The summed E-state index contributed by atoms with van der Waals surface area (Å²) in [4.78, 5) is 171. The topological polar surface area (TPSA) is 291 Å². The first kappa shape index (κ1) is 95.5. The molecule has 594 valence electrons. The minimum Gasteiger partial charge on any atom is -0.390 e. The third kappa shape index (κ3) is 29.0. The number of aliphatic hydroxyl groups is 1. The summed E-state index contributed by atoms with van der Waals surface area (Å²) in [7, 11) is 14.0. The van der Waals surface area contributed by atoms with Crippen molar-refractivity contribution >= 4 is 77.4 Å². The van der Waals surface area contributed by atoms with Gasteiger partial charge in [-0.15, -0.1) is 12.4 Å². The third-order valence-electron chi connectivity index (χ3n) is 19.1. The predicted octanol–water partition coefficient (Wildman–Crippen LogP) is 7.05. The number of nitrogens with zero attached hydrogens (tertiary/aromatic N) is 8. The van der Waals surface area contributed by atoms with Gasteiger partial charge in [0.05, 0.1) is 19.3 Å². The fourth-order valence-electron chi connectivity index (χ4n) is 12.7. The standard InChI is InChI=1S/C62H111N11O12.C17H21NO.ClH/c1-25-27-28-40(15)52(75)51-56(79)65-43(26-2)58(81)67(18)33-48(74)68(19)44(29-34(3)4)55(78)66-49(38(11)12)61(84)69(20)45(30-35(5)6)54(77)63-41(16)53(76)64-42(17)57(80)70(21)46(31-36(7)8)59(82)71(22)47(32-37(9)10)60(83)72(23)50(39(13)14)62(85)73(51)24;1-18(2)13-14-19-17(15-9-5-3-6-10-15)16-11-7-4-8-12-16;/h25,27,34-47,49-52,75H,26,28-33H2,1-24H3,(H,63,77)(H,64,76)(H,65,79)(H,66,78);3-12,17H,13-14H2,1-2H3;1H/b27-25+;;/t40-,41+,42-,43+,44+,45+,46+,47+,49+,50+,51+,52-;;/m1../s1. The molecule has 0 bridgehead atoms. The zero-order valence-electron chi connectivity index (χ0n) is 68.1. The lowest BCUT2D eigenvalue weighted by atomic mass is 9.91. The van der Waals surface area contributed by atoms with Crippen molar-refractivity contribution in [3.63, 3.8) is 0 Å². The molecule has 1 aliphatic rings. The maximum atomic E-state index is 15.1. The fourth-order valence-corrected chi connectivity index (χ4v) is 12.7. The van der Waals surface area contributed by atoms with E-state index in [1.807, 2.05) is 73.6 Å². The lowest BCUT2D eigenvalue weighted by Gasteiger charge is -2.41. The van der Waals surface area contributed by atoms with Crippen molar-refractivity contribution in [2.45, 2.75) is 229 Å². The Bertz CT molecular complexity index is 3080. The van der Waals surface area contributed by atoms with Crippen molar-refractivity contribution in [3.8, 4) is 0 Å². The van der Waals surface area contributed by atoms with Gasteiger partial charge in [-0.2, -0.15) is 0 Å². The van der Waals surface area contributed by atoms with Crippen LogP contribution >= 0.6 is 12.4 Å². The van der Waals surface area contributed by atoms with E-state index in [9.17, 15) is 48.3 Å². The average molecular weight is 1490 g/mol. The molecule has 105 heavy (non-hydrogen) atoms. The van der Waals surface area contributed by atoms with Crippen LogP contribution in [0.5, 0.6) is 0 Å². The van der Waals surface area contributed by atoms with Gasteiger partial charge in [-0.05, 0) is 126 Å². The summed E-state index contributed by atoms with van der Waals surface area (Å²) < 4.78 is 6.08. The molecule has 26 heteroatoms. The van der Waals surface area contributed by atoms with E-state index < -0.39 is 156 Å². The highest BCUT2D eigenvalue weighted by Crippen LogP contribution is 2.28. The van der Waals surface area contributed by atoms with Crippen molar-refractivity contribution in [2.75, 3.05) is 83.1 Å². The Morgan fingerprint density at radius 2 is 0.914 bits per heavy atom. The van der Waals surface area contributed by atoms with Crippen molar-refractivity contribution in [2.24, 2.45) is 41.4 Å². The molecule has 3 rings (SSSR count). The number of benzene rings is 2. The van der Waals surface area contributed by atoms with Crippen LogP contribution in [0.25, 0.3) is 0 Å². The number of nitrogens with one attached hydrogen (secondary N) is 4. The molecule has 0 radical (unpaired) electrons. The van der Waals surface area contributed by atoms with E-state index >= 15 is 9.59 Å². The Kier molecular flexibility index (Phi) is 41.8. The number of hydrogen-bond acceptors (Lipinski definition) is 14. The molecule has 12 atom stereocenters. The molecule has 1 heterocycles. The largest absolute Gasteiger partial charge is 0.390 e. The van der Waals surface area contributed by atoms with Crippen molar-refractivity contribution < 1.29 is 62.6 Å². The third-order valence-corrected chi connectivity index (χ3v) is 19.1. The molecular weight excluding hydrogens is 1360 g/mol. The number of rotatable bonds is 21. The Hall–Kier alpha value is -7.48. The van der Waals surface area contributed by atoms with Gasteiger partial charge in [0.15, 0.2) is 0 Å². The van der Waals surface area contributed by atoms with E-state index in [-0.39, 0.29) is 74.3 Å². The van der Waals surface area contributed by atoms with Gasteiger partial charge in [-0.25, -0.2) is 0 Å². The normalized spacial score (nSPS) is 23.8. The predicted molar refractivity (Wildman–Crippen MR) is 415 cm³/mol. The van der Waals surface area contributed by atoms with E-state index in [0.29, 0.717) is 6.42 Å². The molecule has 1 aliphatic heterocycles. The first-order valence-corrected chi connectivity index (χ1v) is 37.2. The lowest BCUT2D eigenvalue weighted by molar-refractivity contribution is -0.157. The van der Waals surface area contributed by atoms with Crippen molar-refractivity contribution in [3.05, 3.63) is 83.9 Å². The first-order chi connectivity index (χ1) is 48.5. The molecule has 0 spiro atoms. The SMILES string of the molecule is C/C=C/C[C@@H](C)[C@@H](O)[C@H]1C(=O)N[C@@H](CC)C(=O)N(C)CC(=O)N(C)[C@@H](CC(C)C)C(=O)N[C@@H](C(C)C)C(=O)N(C)[C@@H](CC(C)C)C(=O)N[C@@H](C)C(=O)N[C@H](C)C(=O)N(C)[C@@H](CC(C)C)C(=O)N(C)[C@@H](CC(C)C)C(=O)N(C)[C@@H](C(C)C)C(=O)N1C.CN(C)CCOC(c1ccccc1)c1ccccc1.Cl. The maximum absolute atomic E-state index is 15.1. The molecule has 0 aliphatic carbocycles. The summed E-state index contributed by atoms with van der Waals surface area (Å²) in [6.45, 7) is 31.0. The van der Waals surface area contributed by atoms with Crippen LogP contribution in [0.2, 0.25) is 0 Å². The van der Waals surface area contributed by atoms with Gasteiger partial charge in [0.1, 0.15) is 66.5 Å². The summed E-state index contributed by atoms with van der Waals surface area (Å²) in [5.41, 5.74) is 2.40. The van der Waals surface area contributed by atoms with E-state index in [4.69, 9.17) is 4.74 Å². The number of likely N-dealkylation sites (N-methyl/N-ethyl adjacent to an activating group) is 8. The highest BCUT2D eigenvalue weighted by Gasteiger charge is 2.46. The fraction of sp³-hybridized carbons (Fsp3) is 0.684. The summed E-state index contributed by atoms with van der Waals surface area (Å²) >= 11 is 0. The zero-order chi connectivity index (χ0) is 79.5. The molecular formula is C79H133ClN12O13. The molecule has 2 aromatic carbocycles. The van der Waals surface area contributed by atoms with E-state index in [1.165, 1.54) is 98.8 Å². The Morgan fingerprint density at radius 1 is 0.495 bits per heavy atom. The zero-order valence-corrected chi connectivity index (χ0v) is 68.9. The minimum absolute atomic E-state index is 0. The molecule has 1 fully saturated rings. The van der Waals surface area contributed by atoms with Crippen LogP contribution in [0, 0.1) is 41.4 Å². The van der Waals surface area contributed by atoms with Crippen LogP contribution in [0.15, 0.2) is 72.8 Å². The summed E-state index contributed by atoms with van der Waals surface area (Å²) in [5, 5.41) is 23.1. The van der Waals surface area contributed by atoms with Gasteiger partial charge < -0.3 is 70.3 Å².